The van der Waals surface area contributed by atoms with E-state index in [-0.39, 0.29) is 12.5 Å². The number of H-pyrrole nitrogens is 1. The molecule has 3 N–H and O–H groups in total. The van der Waals surface area contributed by atoms with Gasteiger partial charge in [-0.3, -0.25) is 14.2 Å². The van der Waals surface area contributed by atoms with Crippen molar-refractivity contribution in [2.24, 2.45) is 7.05 Å². The molecule has 8 heteroatoms. The molecule has 7 nitrogen and oxygen atoms in total. The highest BCUT2D eigenvalue weighted by molar-refractivity contribution is 7.97. The summed E-state index contributed by atoms with van der Waals surface area (Å²) in [5, 5.41) is 15.4. The fourth-order valence-corrected chi connectivity index (χ4v) is 5.02. The Morgan fingerprint density at radius 1 is 1.19 bits per heavy atom. The molecular formula is C28H34N4O3S. The number of aromatic amines is 1. The number of nitrogens with one attached hydrogen (secondary N) is 2. The predicted molar refractivity (Wildman–Crippen MR) is 147 cm³/mol. The maximum Gasteiger partial charge on any atom is 0.277 e. The number of aryl methyl sites for hydroxylation is 4. The molecule has 0 atom stereocenters. The highest BCUT2D eigenvalue weighted by Gasteiger charge is 2.22. The van der Waals surface area contributed by atoms with E-state index in [2.05, 4.69) is 47.7 Å². The number of aliphatic hydroxyl groups is 1. The lowest BCUT2D eigenvalue weighted by atomic mass is 9.98. The maximum atomic E-state index is 13.0. The SMILES string of the molecule is CSNC(=O)c1[nH]c2c(-c3c(CO)nn(C)c3C)cccc2c1CCCOc1cc(C)c(C)c(C)c1. The Bertz CT molecular complexity index is 1400. The Labute approximate surface area is 216 Å². The summed E-state index contributed by atoms with van der Waals surface area (Å²) in [6.45, 7) is 8.70. The zero-order chi connectivity index (χ0) is 26.0. The maximum absolute atomic E-state index is 13.0. The van der Waals surface area contributed by atoms with Gasteiger partial charge in [0.15, 0.2) is 0 Å². The molecule has 0 saturated heterocycles. The monoisotopic (exact) mass is 506 g/mol. The smallest absolute Gasteiger partial charge is 0.277 e. The van der Waals surface area contributed by atoms with Crippen molar-refractivity contribution >= 4 is 28.8 Å². The molecule has 0 fully saturated rings. The summed E-state index contributed by atoms with van der Waals surface area (Å²) in [5.41, 5.74) is 9.50. The molecule has 4 aromatic rings. The Morgan fingerprint density at radius 2 is 1.92 bits per heavy atom. The number of fused-ring (bicyclic) bond motifs is 1. The van der Waals surface area contributed by atoms with E-state index in [9.17, 15) is 9.90 Å². The number of benzene rings is 2. The lowest BCUT2D eigenvalue weighted by Crippen LogP contribution is -2.17. The molecule has 1 amide bonds. The molecule has 190 valence electrons. The summed E-state index contributed by atoms with van der Waals surface area (Å²) in [5.74, 6) is 0.719. The van der Waals surface area contributed by atoms with E-state index >= 15 is 0 Å². The molecule has 0 bridgehead atoms. The van der Waals surface area contributed by atoms with E-state index in [1.165, 1.54) is 28.6 Å². The van der Waals surface area contributed by atoms with Gasteiger partial charge in [0.05, 0.1) is 24.4 Å². The van der Waals surface area contributed by atoms with Crippen LogP contribution in [0.1, 0.15) is 50.6 Å². The van der Waals surface area contributed by atoms with Crippen molar-refractivity contribution in [3.63, 3.8) is 0 Å². The van der Waals surface area contributed by atoms with Gasteiger partial charge < -0.3 is 14.8 Å². The van der Waals surface area contributed by atoms with Crippen LogP contribution in [0.15, 0.2) is 30.3 Å². The molecule has 0 aliphatic heterocycles. The third kappa shape index (κ3) is 4.88. The van der Waals surface area contributed by atoms with Gasteiger partial charge in [-0.05, 0) is 74.9 Å². The lowest BCUT2D eigenvalue weighted by molar-refractivity contribution is 0.0979. The number of carbonyl (C=O) groups excluding carboxylic acids is 1. The first kappa shape index (κ1) is 25.9. The summed E-state index contributed by atoms with van der Waals surface area (Å²) >= 11 is 1.27. The van der Waals surface area contributed by atoms with Crippen molar-refractivity contribution in [1.29, 1.82) is 0 Å². The molecule has 2 aromatic carbocycles. The molecule has 0 aliphatic carbocycles. The van der Waals surface area contributed by atoms with E-state index in [4.69, 9.17) is 4.74 Å². The van der Waals surface area contributed by atoms with Crippen LogP contribution in [-0.2, 0) is 20.1 Å². The summed E-state index contributed by atoms with van der Waals surface area (Å²) < 4.78 is 10.7. The predicted octanol–water partition coefficient (Wildman–Crippen LogP) is 5.31. The summed E-state index contributed by atoms with van der Waals surface area (Å²) in [7, 11) is 1.87. The molecule has 0 saturated carbocycles. The highest BCUT2D eigenvalue weighted by atomic mass is 32.2. The molecular weight excluding hydrogens is 472 g/mol. The standard InChI is InChI=1S/C28H34N4O3S/c1-16-13-20(14-17(2)18(16)3)35-12-8-11-22-21-9-7-10-23(25-19(4)32(5)30-24(25)15-33)26(21)29-27(22)28(34)31-36-6/h7,9-10,13-14,29,33H,8,11-12,15H2,1-6H3,(H,31,34). The van der Waals surface area contributed by atoms with Crippen molar-refractivity contribution in [2.75, 3.05) is 12.9 Å². The number of ether oxygens (including phenoxy) is 1. The molecule has 0 aliphatic rings. The number of rotatable bonds is 9. The van der Waals surface area contributed by atoms with Gasteiger partial charge in [-0.1, -0.05) is 30.1 Å². The van der Waals surface area contributed by atoms with Crippen LogP contribution in [0.3, 0.4) is 0 Å². The van der Waals surface area contributed by atoms with Gasteiger partial charge in [0.2, 0.25) is 0 Å². The fourth-order valence-electron chi connectivity index (χ4n) is 4.74. The van der Waals surface area contributed by atoms with Crippen LogP contribution in [0.25, 0.3) is 22.0 Å². The molecule has 0 unspecified atom stereocenters. The Morgan fingerprint density at radius 3 is 2.58 bits per heavy atom. The van der Waals surface area contributed by atoms with Crippen LogP contribution >= 0.6 is 11.9 Å². The third-order valence-electron chi connectivity index (χ3n) is 6.93. The number of hydrogen-bond donors (Lipinski definition) is 3. The van der Waals surface area contributed by atoms with Crippen molar-refractivity contribution < 1.29 is 14.6 Å². The van der Waals surface area contributed by atoms with Gasteiger partial charge in [-0.15, -0.1) is 0 Å². The number of carbonyl (C=O) groups is 1. The van der Waals surface area contributed by atoms with Crippen molar-refractivity contribution in [3.8, 4) is 16.9 Å². The second-order valence-electron chi connectivity index (χ2n) is 9.16. The van der Waals surface area contributed by atoms with E-state index in [0.717, 1.165) is 45.5 Å². The van der Waals surface area contributed by atoms with Crippen molar-refractivity contribution in [2.45, 2.75) is 47.1 Å². The minimum Gasteiger partial charge on any atom is -0.494 e. The quantitative estimate of drug-likeness (QED) is 0.211. The molecule has 36 heavy (non-hydrogen) atoms. The van der Waals surface area contributed by atoms with Gasteiger partial charge in [0, 0.05) is 35.5 Å². The number of hydrogen-bond acceptors (Lipinski definition) is 5. The van der Waals surface area contributed by atoms with Crippen LogP contribution in [-0.4, -0.2) is 38.6 Å². The number of aromatic nitrogens is 3. The average Bonchev–Trinajstić information content (AvgIpc) is 3.37. The summed E-state index contributed by atoms with van der Waals surface area (Å²) in [6.07, 6.45) is 3.28. The number of nitrogens with zero attached hydrogens (tertiary/aromatic N) is 2. The van der Waals surface area contributed by atoms with Crippen LogP contribution in [0.2, 0.25) is 0 Å². The van der Waals surface area contributed by atoms with E-state index in [1.54, 1.807) is 4.68 Å². The lowest BCUT2D eigenvalue weighted by Gasteiger charge is -2.11. The molecule has 4 rings (SSSR count). The van der Waals surface area contributed by atoms with Gasteiger partial charge in [-0.25, -0.2) is 0 Å². The van der Waals surface area contributed by atoms with Crippen LogP contribution in [0, 0.1) is 27.7 Å². The first-order valence-electron chi connectivity index (χ1n) is 12.1. The summed E-state index contributed by atoms with van der Waals surface area (Å²) in [6, 6.07) is 10.2. The third-order valence-corrected chi connectivity index (χ3v) is 7.32. The van der Waals surface area contributed by atoms with Crippen LogP contribution < -0.4 is 9.46 Å². The van der Waals surface area contributed by atoms with Gasteiger partial charge in [0.1, 0.15) is 11.4 Å². The first-order valence-corrected chi connectivity index (χ1v) is 13.3. The highest BCUT2D eigenvalue weighted by Crippen LogP contribution is 2.36. The zero-order valence-corrected chi connectivity index (χ0v) is 22.6. The van der Waals surface area contributed by atoms with Crippen molar-refractivity contribution in [3.05, 3.63) is 69.7 Å². The first-order chi connectivity index (χ1) is 17.3. The van der Waals surface area contributed by atoms with Gasteiger partial charge in [0.25, 0.3) is 5.91 Å². The zero-order valence-electron chi connectivity index (χ0n) is 21.8. The molecule has 0 radical (unpaired) electrons. The fraction of sp³-hybridized carbons (Fsp3) is 0.357. The van der Waals surface area contributed by atoms with Crippen LogP contribution in [0.4, 0.5) is 0 Å². The van der Waals surface area contributed by atoms with E-state index in [1.807, 2.05) is 38.4 Å². The minimum atomic E-state index is -0.157. The van der Waals surface area contributed by atoms with E-state index in [0.29, 0.717) is 24.4 Å². The second-order valence-corrected chi connectivity index (χ2v) is 9.78. The Kier molecular flexibility index (Phi) is 7.76. The Balaban J connectivity index is 1.67. The van der Waals surface area contributed by atoms with E-state index < -0.39 is 0 Å². The number of para-hydroxylation sites is 1. The number of aliphatic hydroxyl groups excluding tert-OH is 1. The number of amides is 1. The molecule has 0 spiro atoms. The van der Waals surface area contributed by atoms with Crippen molar-refractivity contribution in [1.82, 2.24) is 19.5 Å². The Hall–Kier alpha value is -3.23. The normalized spacial score (nSPS) is 11.3. The minimum absolute atomic E-state index is 0.157. The van der Waals surface area contributed by atoms with Gasteiger partial charge in [-0.2, -0.15) is 5.10 Å². The second kappa shape index (κ2) is 10.8. The molecule has 2 heterocycles. The van der Waals surface area contributed by atoms with Gasteiger partial charge >= 0.3 is 0 Å². The average molecular weight is 507 g/mol. The molecule has 2 aromatic heterocycles. The van der Waals surface area contributed by atoms with Crippen LogP contribution in [0.5, 0.6) is 5.75 Å². The summed E-state index contributed by atoms with van der Waals surface area (Å²) in [4.78, 5) is 16.4. The largest absolute Gasteiger partial charge is 0.494 e. The topological polar surface area (TPSA) is 92.2 Å².